The number of nitrogens with zero attached hydrogens (tertiary/aromatic N) is 2. The van der Waals surface area contributed by atoms with Crippen LogP contribution in [0.15, 0.2) is 0 Å². The zero-order valence-electron chi connectivity index (χ0n) is 14.7. The molecule has 1 aliphatic carbocycles. The summed E-state index contributed by atoms with van der Waals surface area (Å²) in [5.41, 5.74) is 0. The Bertz CT molecular complexity index is 254. The number of unbranched alkanes of at least 4 members (excludes halogenated alkanes) is 1. The Morgan fingerprint density at radius 2 is 1.43 bits per heavy atom. The summed E-state index contributed by atoms with van der Waals surface area (Å²) in [7, 11) is 2.36. The van der Waals surface area contributed by atoms with Gasteiger partial charge in [0.1, 0.15) is 0 Å². The summed E-state index contributed by atoms with van der Waals surface area (Å²) in [5.74, 6) is 0.958. The molecule has 124 valence electrons. The second-order valence-electron chi connectivity index (χ2n) is 7.56. The van der Waals surface area contributed by atoms with Gasteiger partial charge < -0.3 is 0 Å². The molecule has 0 N–H and O–H groups in total. The van der Waals surface area contributed by atoms with E-state index in [2.05, 4.69) is 23.8 Å². The first-order valence-electron chi connectivity index (χ1n) is 9.74. The number of likely N-dealkylation sites (N-methyl/N-ethyl adjacent to an activating group) is 1. The van der Waals surface area contributed by atoms with Gasteiger partial charge in [0, 0.05) is 12.6 Å². The molecule has 1 unspecified atom stereocenters. The first kappa shape index (κ1) is 17.3. The normalized spacial score (nSPS) is 28.6. The lowest BCUT2D eigenvalue weighted by atomic mass is 9.88. The van der Waals surface area contributed by atoms with Gasteiger partial charge in [-0.15, -0.1) is 0 Å². The van der Waals surface area contributed by atoms with Gasteiger partial charge in [-0.3, -0.25) is 9.80 Å². The van der Waals surface area contributed by atoms with Crippen LogP contribution in [0.5, 0.6) is 0 Å². The molecule has 0 aromatic rings. The van der Waals surface area contributed by atoms with E-state index in [1.807, 2.05) is 0 Å². The highest BCUT2D eigenvalue weighted by Gasteiger charge is 2.32. The average molecular weight is 295 g/mol. The molecular weight excluding hydrogens is 256 g/mol. The molecule has 2 nitrogen and oxygen atoms in total. The van der Waals surface area contributed by atoms with E-state index in [0.717, 1.165) is 12.0 Å². The van der Waals surface area contributed by atoms with Crippen LogP contribution in [0, 0.1) is 5.92 Å². The quantitative estimate of drug-likeness (QED) is 0.728. The van der Waals surface area contributed by atoms with Gasteiger partial charge in [0.15, 0.2) is 0 Å². The smallest absolute Gasteiger partial charge is 0.0507 e. The lowest BCUT2D eigenvalue weighted by Gasteiger charge is -2.28. The molecule has 2 heteroatoms. The van der Waals surface area contributed by atoms with Crippen molar-refractivity contribution in [2.75, 3.05) is 26.8 Å². The monoisotopic (exact) mass is 294 g/mol. The summed E-state index contributed by atoms with van der Waals surface area (Å²) in [4.78, 5) is 5.35. The lowest BCUT2D eigenvalue weighted by Crippen LogP contribution is -2.34. The standard InChI is InChI=1S/C19H38N2/c1-3-4-15-21-16-19(20(2)17-21)18-13-11-9-7-5-6-8-10-12-14-18/h18-19H,3-17H2,1-2H3. The molecule has 21 heavy (non-hydrogen) atoms. The van der Waals surface area contributed by atoms with Crippen molar-refractivity contribution in [3.8, 4) is 0 Å². The number of rotatable bonds is 4. The molecule has 0 aromatic heterocycles. The minimum Gasteiger partial charge on any atom is -0.289 e. The van der Waals surface area contributed by atoms with Crippen molar-refractivity contribution < 1.29 is 0 Å². The molecule has 1 aliphatic heterocycles. The summed E-state index contributed by atoms with van der Waals surface area (Å²) >= 11 is 0. The minimum absolute atomic E-state index is 0.836. The molecule has 0 aromatic carbocycles. The summed E-state index contributed by atoms with van der Waals surface area (Å²) in [6.45, 7) is 6.16. The van der Waals surface area contributed by atoms with Crippen LogP contribution in [-0.4, -0.2) is 42.6 Å². The van der Waals surface area contributed by atoms with Crippen LogP contribution >= 0.6 is 0 Å². The third-order valence-corrected chi connectivity index (χ3v) is 5.71. The lowest BCUT2D eigenvalue weighted by molar-refractivity contribution is 0.204. The molecule has 0 spiro atoms. The zero-order valence-corrected chi connectivity index (χ0v) is 14.7. The fourth-order valence-electron chi connectivity index (χ4n) is 4.34. The highest BCUT2D eigenvalue weighted by Crippen LogP contribution is 2.29. The Morgan fingerprint density at radius 3 is 2.00 bits per heavy atom. The van der Waals surface area contributed by atoms with E-state index in [4.69, 9.17) is 0 Å². The predicted molar refractivity (Wildman–Crippen MR) is 92.6 cm³/mol. The summed E-state index contributed by atoms with van der Waals surface area (Å²) < 4.78 is 0. The minimum atomic E-state index is 0.836. The van der Waals surface area contributed by atoms with Crippen LogP contribution in [0.4, 0.5) is 0 Å². The summed E-state index contributed by atoms with van der Waals surface area (Å²) in [6.07, 6.45) is 17.5. The van der Waals surface area contributed by atoms with Crippen molar-refractivity contribution in [2.24, 2.45) is 5.92 Å². The van der Waals surface area contributed by atoms with Crippen molar-refractivity contribution in [1.82, 2.24) is 9.80 Å². The van der Waals surface area contributed by atoms with Crippen molar-refractivity contribution in [3.05, 3.63) is 0 Å². The zero-order chi connectivity index (χ0) is 14.9. The third kappa shape index (κ3) is 5.90. The fourth-order valence-corrected chi connectivity index (χ4v) is 4.34. The van der Waals surface area contributed by atoms with Crippen LogP contribution in [0.3, 0.4) is 0 Å². The van der Waals surface area contributed by atoms with Gasteiger partial charge in [-0.05, 0) is 38.8 Å². The summed E-state index contributed by atoms with van der Waals surface area (Å²) in [5, 5.41) is 0. The fraction of sp³-hybridized carbons (Fsp3) is 1.00. The van der Waals surface area contributed by atoms with Crippen LogP contribution in [0.1, 0.15) is 84.0 Å². The number of hydrogen-bond acceptors (Lipinski definition) is 2. The predicted octanol–water partition coefficient (Wildman–Crippen LogP) is 4.89. The Labute approximate surface area is 133 Å². The van der Waals surface area contributed by atoms with Crippen molar-refractivity contribution in [2.45, 2.75) is 90.0 Å². The van der Waals surface area contributed by atoms with Crippen LogP contribution < -0.4 is 0 Å². The van der Waals surface area contributed by atoms with Gasteiger partial charge in [-0.2, -0.15) is 0 Å². The molecule has 1 atom stereocenters. The van der Waals surface area contributed by atoms with Crippen molar-refractivity contribution >= 4 is 0 Å². The molecule has 1 saturated carbocycles. The van der Waals surface area contributed by atoms with Crippen LogP contribution in [0.2, 0.25) is 0 Å². The van der Waals surface area contributed by atoms with E-state index in [1.54, 1.807) is 0 Å². The van der Waals surface area contributed by atoms with Gasteiger partial charge in [0.2, 0.25) is 0 Å². The Balaban J connectivity index is 1.83. The maximum Gasteiger partial charge on any atom is 0.0507 e. The van der Waals surface area contributed by atoms with Crippen molar-refractivity contribution in [3.63, 3.8) is 0 Å². The molecule has 0 radical (unpaired) electrons. The molecule has 0 bridgehead atoms. The molecular formula is C19H38N2. The second-order valence-corrected chi connectivity index (χ2v) is 7.56. The largest absolute Gasteiger partial charge is 0.289 e. The highest BCUT2D eigenvalue weighted by molar-refractivity contribution is 4.86. The Morgan fingerprint density at radius 1 is 0.857 bits per heavy atom. The highest BCUT2D eigenvalue weighted by atomic mass is 15.4. The average Bonchev–Trinajstić information content (AvgIpc) is 2.82. The summed E-state index contributed by atoms with van der Waals surface area (Å²) in [6, 6.07) is 0.836. The van der Waals surface area contributed by atoms with E-state index >= 15 is 0 Å². The van der Waals surface area contributed by atoms with Crippen LogP contribution in [-0.2, 0) is 0 Å². The Kier molecular flexibility index (Phi) is 8.10. The van der Waals surface area contributed by atoms with E-state index in [0.29, 0.717) is 0 Å². The second kappa shape index (κ2) is 9.84. The van der Waals surface area contributed by atoms with E-state index in [9.17, 15) is 0 Å². The van der Waals surface area contributed by atoms with Gasteiger partial charge in [0.05, 0.1) is 6.67 Å². The Hall–Kier alpha value is -0.0800. The van der Waals surface area contributed by atoms with Gasteiger partial charge >= 0.3 is 0 Å². The topological polar surface area (TPSA) is 6.48 Å². The third-order valence-electron chi connectivity index (χ3n) is 5.71. The molecule has 0 amide bonds. The first-order valence-corrected chi connectivity index (χ1v) is 9.74. The van der Waals surface area contributed by atoms with E-state index in [1.165, 1.54) is 96.8 Å². The van der Waals surface area contributed by atoms with Gasteiger partial charge in [-0.25, -0.2) is 0 Å². The van der Waals surface area contributed by atoms with Crippen LogP contribution in [0.25, 0.3) is 0 Å². The molecule has 2 rings (SSSR count). The van der Waals surface area contributed by atoms with E-state index < -0.39 is 0 Å². The maximum atomic E-state index is 2.69. The SMILES string of the molecule is CCCCN1CC(C2CCCCCCCCCC2)N(C)C1. The van der Waals surface area contributed by atoms with Crippen molar-refractivity contribution in [1.29, 1.82) is 0 Å². The molecule has 2 aliphatic rings. The van der Waals surface area contributed by atoms with E-state index in [-0.39, 0.29) is 0 Å². The molecule has 1 saturated heterocycles. The molecule has 2 fully saturated rings. The van der Waals surface area contributed by atoms with Gasteiger partial charge in [-0.1, -0.05) is 64.7 Å². The maximum absolute atomic E-state index is 2.69. The van der Waals surface area contributed by atoms with Gasteiger partial charge in [0.25, 0.3) is 0 Å². The number of hydrogen-bond donors (Lipinski definition) is 0. The first-order chi connectivity index (χ1) is 10.3. The molecule has 1 heterocycles.